The highest BCUT2D eigenvalue weighted by atomic mass is 16.6. The standard InChI is InChI=1S/C17H23NO4/c1-3-8-15(16(19)20)22-17(21)14(18-11-4-2)12-13-9-6-5-7-10-13/h4-7,9-10,14-15,18H,2-3,8,11-12H2,1H3,(H,19,20). The van der Waals surface area contributed by atoms with E-state index in [0.29, 0.717) is 25.8 Å². The lowest BCUT2D eigenvalue weighted by molar-refractivity contribution is -0.165. The van der Waals surface area contributed by atoms with Gasteiger partial charge in [0, 0.05) is 6.54 Å². The molecule has 2 atom stereocenters. The molecule has 0 radical (unpaired) electrons. The molecule has 0 fully saturated rings. The van der Waals surface area contributed by atoms with E-state index in [1.54, 1.807) is 6.08 Å². The van der Waals surface area contributed by atoms with Gasteiger partial charge in [0.1, 0.15) is 6.04 Å². The molecule has 2 unspecified atom stereocenters. The van der Waals surface area contributed by atoms with Gasteiger partial charge in [0.05, 0.1) is 0 Å². The molecule has 0 saturated heterocycles. The molecule has 1 aromatic carbocycles. The summed E-state index contributed by atoms with van der Waals surface area (Å²) in [6, 6.07) is 8.91. The summed E-state index contributed by atoms with van der Waals surface area (Å²) in [4.78, 5) is 23.4. The average molecular weight is 305 g/mol. The molecule has 5 heteroatoms. The maximum absolute atomic E-state index is 12.3. The highest BCUT2D eigenvalue weighted by Crippen LogP contribution is 2.09. The average Bonchev–Trinajstić information content (AvgIpc) is 2.51. The molecular formula is C17H23NO4. The number of aliphatic carboxylic acids is 1. The SMILES string of the molecule is C=CCNC(Cc1ccccc1)C(=O)OC(CCC)C(=O)O. The Hall–Kier alpha value is -2.14. The first-order valence-corrected chi connectivity index (χ1v) is 7.40. The van der Waals surface area contributed by atoms with E-state index in [2.05, 4.69) is 11.9 Å². The number of carboxylic acids is 1. The Morgan fingerprint density at radius 1 is 1.36 bits per heavy atom. The summed E-state index contributed by atoms with van der Waals surface area (Å²) in [7, 11) is 0. The van der Waals surface area contributed by atoms with Crippen LogP contribution in [0.4, 0.5) is 0 Å². The summed E-state index contributed by atoms with van der Waals surface area (Å²) in [5, 5.41) is 12.1. The Balaban J connectivity index is 2.74. The third-order valence-electron chi connectivity index (χ3n) is 3.16. The molecule has 0 aliphatic carbocycles. The number of carbonyl (C=O) groups excluding carboxylic acids is 1. The van der Waals surface area contributed by atoms with Gasteiger partial charge in [-0.2, -0.15) is 0 Å². The van der Waals surface area contributed by atoms with Crippen molar-refractivity contribution >= 4 is 11.9 Å². The smallest absolute Gasteiger partial charge is 0.345 e. The van der Waals surface area contributed by atoms with Crippen molar-refractivity contribution in [3.8, 4) is 0 Å². The van der Waals surface area contributed by atoms with Gasteiger partial charge in [-0.1, -0.05) is 49.8 Å². The summed E-state index contributed by atoms with van der Waals surface area (Å²) in [5.74, 6) is -1.66. The molecule has 1 rings (SSSR count). The van der Waals surface area contributed by atoms with E-state index in [4.69, 9.17) is 9.84 Å². The van der Waals surface area contributed by atoms with Gasteiger partial charge in [-0.25, -0.2) is 4.79 Å². The molecule has 0 spiro atoms. The van der Waals surface area contributed by atoms with Gasteiger partial charge >= 0.3 is 11.9 Å². The van der Waals surface area contributed by atoms with E-state index in [1.165, 1.54) is 0 Å². The van der Waals surface area contributed by atoms with Crippen LogP contribution < -0.4 is 5.32 Å². The fourth-order valence-electron chi connectivity index (χ4n) is 2.03. The predicted octanol–water partition coefficient (Wildman–Crippen LogP) is 2.17. The molecule has 1 aromatic rings. The normalized spacial score (nSPS) is 13.1. The summed E-state index contributed by atoms with van der Waals surface area (Å²) in [6.07, 6.45) is 1.92. The van der Waals surface area contributed by atoms with E-state index < -0.39 is 24.1 Å². The van der Waals surface area contributed by atoms with Gasteiger partial charge in [0.25, 0.3) is 0 Å². The van der Waals surface area contributed by atoms with E-state index >= 15 is 0 Å². The van der Waals surface area contributed by atoms with E-state index in [1.807, 2.05) is 37.3 Å². The summed E-state index contributed by atoms with van der Waals surface area (Å²) < 4.78 is 5.15. The molecule has 0 heterocycles. The summed E-state index contributed by atoms with van der Waals surface area (Å²) in [6.45, 7) is 5.90. The van der Waals surface area contributed by atoms with Gasteiger partial charge in [0.2, 0.25) is 0 Å². The minimum atomic E-state index is -1.11. The predicted molar refractivity (Wildman–Crippen MR) is 84.6 cm³/mol. The zero-order valence-corrected chi connectivity index (χ0v) is 12.8. The molecule has 0 saturated carbocycles. The first kappa shape index (κ1) is 17.9. The Morgan fingerprint density at radius 2 is 2.05 bits per heavy atom. The number of hydrogen-bond donors (Lipinski definition) is 2. The van der Waals surface area contributed by atoms with Crippen LogP contribution in [-0.4, -0.2) is 35.7 Å². The molecule has 0 amide bonds. The second kappa shape index (κ2) is 9.73. The molecule has 22 heavy (non-hydrogen) atoms. The van der Waals surface area contributed by atoms with Crippen LogP contribution in [0.3, 0.4) is 0 Å². The number of carboxylic acid groups (broad SMARTS) is 1. The first-order chi connectivity index (χ1) is 10.6. The number of esters is 1. The van der Waals surface area contributed by atoms with Crippen molar-refractivity contribution in [3.63, 3.8) is 0 Å². The Bertz CT molecular complexity index is 487. The number of benzene rings is 1. The lowest BCUT2D eigenvalue weighted by Gasteiger charge is -2.20. The van der Waals surface area contributed by atoms with Crippen molar-refractivity contribution < 1.29 is 19.4 Å². The molecule has 0 aliphatic rings. The maximum atomic E-state index is 12.3. The van der Waals surface area contributed by atoms with Crippen LogP contribution >= 0.6 is 0 Å². The second-order valence-electron chi connectivity index (χ2n) is 4.99. The van der Waals surface area contributed by atoms with E-state index in [9.17, 15) is 9.59 Å². The van der Waals surface area contributed by atoms with Crippen molar-refractivity contribution in [2.75, 3.05) is 6.54 Å². The largest absolute Gasteiger partial charge is 0.479 e. The molecule has 120 valence electrons. The van der Waals surface area contributed by atoms with Gasteiger partial charge in [-0.15, -0.1) is 6.58 Å². The van der Waals surface area contributed by atoms with Crippen molar-refractivity contribution in [2.45, 2.75) is 38.3 Å². The number of hydrogen-bond acceptors (Lipinski definition) is 4. The van der Waals surface area contributed by atoms with Crippen molar-refractivity contribution in [2.24, 2.45) is 0 Å². The third kappa shape index (κ3) is 6.10. The lowest BCUT2D eigenvalue weighted by Crippen LogP contribution is -2.42. The Morgan fingerprint density at radius 3 is 2.59 bits per heavy atom. The van der Waals surface area contributed by atoms with Crippen LogP contribution in [0.2, 0.25) is 0 Å². The van der Waals surface area contributed by atoms with Gasteiger partial charge in [-0.3, -0.25) is 4.79 Å². The minimum Gasteiger partial charge on any atom is -0.479 e. The number of rotatable bonds is 10. The fourth-order valence-corrected chi connectivity index (χ4v) is 2.03. The molecule has 5 nitrogen and oxygen atoms in total. The van der Waals surface area contributed by atoms with E-state index in [-0.39, 0.29) is 0 Å². The molecular weight excluding hydrogens is 282 g/mol. The van der Waals surface area contributed by atoms with Crippen LogP contribution in [0.5, 0.6) is 0 Å². The second-order valence-corrected chi connectivity index (χ2v) is 4.99. The number of ether oxygens (including phenoxy) is 1. The minimum absolute atomic E-state index is 0.306. The lowest BCUT2D eigenvalue weighted by atomic mass is 10.1. The van der Waals surface area contributed by atoms with Crippen LogP contribution in [0.15, 0.2) is 43.0 Å². The van der Waals surface area contributed by atoms with Gasteiger partial charge in [-0.05, 0) is 18.4 Å². The van der Waals surface area contributed by atoms with Crippen LogP contribution in [0, 0.1) is 0 Å². The fraction of sp³-hybridized carbons (Fsp3) is 0.412. The monoisotopic (exact) mass is 305 g/mol. The number of carbonyl (C=O) groups is 2. The van der Waals surface area contributed by atoms with Crippen molar-refractivity contribution in [1.82, 2.24) is 5.32 Å². The topological polar surface area (TPSA) is 75.6 Å². The highest BCUT2D eigenvalue weighted by Gasteiger charge is 2.26. The number of nitrogens with one attached hydrogen (secondary N) is 1. The van der Waals surface area contributed by atoms with Crippen molar-refractivity contribution in [3.05, 3.63) is 48.6 Å². The van der Waals surface area contributed by atoms with E-state index in [0.717, 1.165) is 5.56 Å². The summed E-state index contributed by atoms with van der Waals surface area (Å²) in [5.41, 5.74) is 0.975. The molecule has 0 aliphatic heterocycles. The van der Waals surface area contributed by atoms with Crippen LogP contribution in [0.1, 0.15) is 25.3 Å². The first-order valence-electron chi connectivity index (χ1n) is 7.40. The Labute approximate surface area is 131 Å². The van der Waals surface area contributed by atoms with Crippen molar-refractivity contribution in [1.29, 1.82) is 0 Å². The van der Waals surface area contributed by atoms with Gasteiger partial charge < -0.3 is 15.2 Å². The zero-order chi connectivity index (χ0) is 16.4. The third-order valence-corrected chi connectivity index (χ3v) is 3.16. The maximum Gasteiger partial charge on any atom is 0.345 e. The zero-order valence-electron chi connectivity index (χ0n) is 12.8. The quantitative estimate of drug-likeness (QED) is 0.512. The van der Waals surface area contributed by atoms with Crippen LogP contribution in [-0.2, 0) is 20.7 Å². The molecule has 2 N–H and O–H groups in total. The van der Waals surface area contributed by atoms with Gasteiger partial charge in [0.15, 0.2) is 6.10 Å². The molecule has 0 bridgehead atoms. The van der Waals surface area contributed by atoms with Crippen LogP contribution in [0.25, 0.3) is 0 Å². The molecule has 0 aromatic heterocycles. The Kier molecular flexibility index (Phi) is 7.92. The summed E-state index contributed by atoms with van der Waals surface area (Å²) >= 11 is 0. The highest BCUT2D eigenvalue weighted by molar-refractivity contribution is 5.81.